The van der Waals surface area contributed by atoms with Crippen molar-refractivity contribution < 1.29 is 9.59 Å². The Hall–Kier alpha value is -2.19. The van der Waals surface area contributed by atoms with Crippen LogP contribution in [0.25, 0.3) is 11.4 Å². The molecular formula is C21H30ClN5O2S. The lowest BCUT2D eigenvalue weighted by molar-refractivity contribution is -0.136. The first-order chi connectivity index (χ1) is 14.4. The number of carbonyl (C=O) groups is 2. The highest BCUT2D eigenvalue weighted by Crippen LogP contribution is 2.21. The third-order valence-corrected chi connectivity index (χ3v) is 5.42. The van der Waals surface area contributed by atoms with Crippen LogP contribution in [-0.4, -0.2) is 50.7 Å². The Morgan fingerprint density at radius 1 is 1.17 bits per heavy atom. The van der Waals surface area contributed by atoms with Crippen LogP contribution < -0.4 is 5.32 Å². The first-order valence-corrected chi connectivity index (χ1v) is 11.2. The van der Waals surface area contributed by atoms with Crippen molar-refractivity contribution in [1.82, 2.24) is 24.6 Å². The normalized spacial score (nSPS) is 10.8. The molecule has 0 aliphatic carbocycles. The molecule has 0 bridgehead atoms. The fourth-order valence-electron chi connectivity index (χ4n) is 3.08. The second-order valence-corrected chi connectivity index (χ2v) is 7.75. The summed E-state index contributed by atoms with van der Waals surface area (Å²) in [5.41, 5.74) is 0.929. The van der Waals surface area contributed by atoms with E-state index in [9.17, 15) is 9.59 Å². The number of likely N-dealkylation sites (N-methyl/N-ethyl adjacent to an activating group) is 2. The number of halogens is 1. The van der Waals surface area contributed by atoms with Gasteiger partial charge in [0.1, 0.15) is 0 Å². The van der Waals surface area contributed by atoms with Gasteiger partial charge < -0.3 is 10.2 Å². The second-order valence-electron chi connectivity index (χ2n) is 6.95. The molecule has 0 radical (unpaired) electrons. The van der Waals surface area contributed by atoms with Crippen molar-refractivity contribution in [2.45, 2.75) is 53.1 Å². The van der Waals surface area contributed by atoms with Crippen LogP contribution in [0.5, 0.6) is 0 Å². The zero-order chi connectivity index (χ0) is 22.1. The Labute approximate surface area is 188 Å². The lowest BCUT2D eigenvalue weighted by Crippen LogP contribution is -2.40. The predicted octanol–water partition coefficient (Wildman–Crippen LogP) is 3.91. The Kier molecular flexibility index (Phi) is 9.52. The number of benzene rings is 1. The maximum atomic E-state index is 12.6. The minimum Gasteiger partial charge on any atom is -0.355 e. The second kappa shape index (κ2) is 11.9. The number of hydrogen-bond acceptors (Lipinski definition) is 4. The smallest absolute Gasteiger partial charge is 0.239 e. The summed E-state index contributed by atoms with van der Waals surface area (Å²) < 4.78 is 4.30. The summed E-state index contributed by atoms with van der Waals surface area (Å²) in [5.74, 6) is 0.521. The van der Waals surface area contributed by atoms with Gasteiger partial charge in [-0.05, 0) is 56.8 Å². The van der Waals surface area contributed by atoms with Crippen LogP contribution in [0.2, 0.25) is 5.02 Å². The lowest BCUT2D eigenvalue weighted by Gasteiger charge is -2.20. The van der Waals surface area contributed by atoms with E-state index in [0.717, 1.165) is 30.8 Å². The van der Waals surface area contributed by atoms with Crippen molar-refractivity contribution in [2.24, 2.45) is 0 Å². The monoisotopic (exact) mass is 451 g/mol. The Bertz CT molecular complexity index is 907. The molecule has 1 aromatic carbocycles. The van der Waals surface area contributed by atoms with Crippen LogP contribution in [-0.2, 0) is 22.7 Å². The Balaban J connectivity index is 2.18. The summed E-state index contributed by atoms with van der Waals surface area (Å²) in [6, 6.07) is 7.49. The predicted molar refractivity (Wildman–Crippen MR) is 122 cm³/mol. The van der Waals surface area contributed by atoms with Crippen molar-refractivity contribution >= 4 is 35.6 Å². The number of unbranched alkanes of at least 4 members (excludes halogenated alkanes) is 1. The van der Waals surface area contributed by atoms with Crippen LogP contribution in [0.4, 0.5) is 0 Å². The van der Waals surface area contributed by atoms with E-state index in [1.165, 1.54) is 0 Å². The SMILES string of the molecule is CCCCn1c(-c2ccc(Cl)cc2)nn(CCC(=O)N(CC)CC(=O)NCC)c1=S. The first-order valence-electron chi connectivity index (χ1n) is 10.4. The molecule has 1 heterocycles. The highest BCUT2D eigenvalue weighted by molar-refractivity contribution is 7.71. The van der Waals surface area contributed by atoms with Gasteiger partial charge in [-0.2, -0.15) is 5.10 Å². The molecule has 0 fully saturated rings. The average Bonchev–Trinajstić information content (AvgIpc) is 3.04. The lowest BCUT2D eigenvalue weighted by atomic mass is 10.2. The molecule has 0 saturated carbocycles. The summed E-state index contributed by atoms with van der Waals surface area (Å²) >= 11 is 11.7. The van der Waals surface area contributed by atoms with E-state index in [2.05, 4.69) is 12.2 Å². The molecule has 1 aromatic heterocycles. The number of aromatic nitrogens is 3. The fourth-order valence-corrected chi connectivity index (χ4v) is 3.52. The summed E-state index contributed by atoms with van der Waals surface area (Å²) in [6.45, 7) is 8.05. The van der Waals surface area contributed by atoms with Gasteiger partial charge in [0.2, 0.25) is 11.8 Å². The van der Waals surface area contributed by atoms with Gasteiger partial charge in [-0.3, -0.25) is 14.2 Å². The molecule has 0 saturated heterocycles. The van der Waals surface area contributed by atoms with Crippen molar-refractivity contribution in [3.05, 3.63) is 34.1 Å². The van der Waals surface area contributed by atoms with E-state index in [1.807, 2.05) is 42.7 Å². The minimum absolute atomic E-state index is 0.0650. The molecule has 164 valence electrons. The van der Waals surface area contributed by atoms with Gasteiger partial charge in [0.05, 0.1) is 13.1 Å². The number of aryl methyl sites for hydroxylation is 1. The van der Waals surface area contributed by atoms with Crippen molar-refractivity contribution in [2.75, 3.05) is 19.6 Å². The first kappa shape index (κ1) is 24.1. The largest absolute Gasteiger partial charge is 0.355 e. The molecule has 2 rings (SSSR count). The van der Waals surface area contributed by atoms with Crippen LogP contribution in [0.1, 0.15) is 40.0 Å². The van der Waals surface area contributed by atoms with E-state index in [4.69, 9.17) is 28.9 Å². The van der Waals surface area contributed by atoms with Gasteiger partial charge in [-0.25, -0.2) is 4.68 Å². The highest BCUT2D eigenvalue weighted by Gasteiger charge is 2.17. The van der Waals surface area contributed by atoms with E-state index >= 15 is 0 Å². The number of hydrogen-bond donors (Lipinski definition) is 1. The summed E-state index contributed by atoms with van der Waals surface area (Å²) in [7, 11) is 0. The van der Waals surface area contributed by atoms with Crippen LogP contribution in [0.15, 0.2) is 24.3 Å². The minimum atomic E-state index is -0.154. The molecule has 0 aliphatic rings. The number of rotatable bonds is 11. The van der Waals surface area contributed by atoms with Gasteiger partial charge in [-0.15, -0.1) is 0 Å². The van der Waals surface area contributed by atoms with Crippen LogP contribution >= 0.6 is 23.8 Å². The zero-order valence-electron chi connectivity index (χ0n) is 17.9. The molecule has 1 N–H and O–H groups in total. The molecule has 0 atom stereocenters. The van der Waals surface area contributed by atoms with E-state index < -0.39 is 0 Å². The third kappa shape index (κ3) is 6.40. The van der Waals surface area contributed by atoms with Crippen molar-refractivity contribution in [1.29, 1.82) is 0 Å². The van der Waals surface area contributed by atoms with E-state index in [-0.39, 0.29) is 24.8 Å². The number of nitrogens with zero attached hydrogens (tertiary/aromatic N) is 4. The Morgan fingerprint density at radius 2 is 1.87 bits per heavy atom. The summed E-state index contributed by atoms with van der Waals surface area (Å²) in [5, 5.41) is 8.07. The molecule has 0 unspecified atom stereocenters. The maximum Gasteiger partial charge on any atom is 0.239 e. The van der Waals surface area contributed by atoms with Gasteiger partial charge in [-0.1, -0.05) is 24.9 Å². The van der Waals surface area contributed by atoms with Crippen molar-refractivity contribution in [3.63, 3.8) is 0 Å². The number of carbonyl (C=O) groups excluding carboxylic acids is 2. The average molecular weight is 452 g/mol. The van der Waals surface area contributed by atoms with Gasteiger partial charge >= 0.3 is 0 Å². The third-order valence-electron chi connectivity index (χ3n) is 4.74. The van der Waals surface area contributed by atoms with E-state index in [1.54, 1.807) is 9.58 Å². The molecule has 9 heteroatoms. The molecular weight excluding hydrogens is 422 g/mol. The molecule has 2 amide bonds. The van der Waals surface area contributed by atoms with Crippen molar-refractivity contribution in [3.8, 4) is 11.4 Å². The number of nitrogens with one attached hydrogen (secondary N) is 1. The van der Waals surface area contributed by atoms with E-state index in [0.29, 0.717) is 29.4 Å². The van der Waals surface area contributed by atoms with Crippen LogP contribution in [0, 0.1) is 4.77 Å². The molecule has 30 heavy (non-hydrogen) atoms. The van der Waals surface area contributed by atoms with Gasteiger partial charge in [0.25, 0.3) is 0 Å². The quantitative estimate of drug-likeness (QED) is 0.526. The fraction of sp³-hybridized carbons (Fsp3) is 0.524. The Morgan fingerprint density at radius 3 is 2.47 bits per heavy atom. The zero-order valence-corrected chi connectivity index (χ0v) is 19.4. The molecule has 0 aliphatic heterocycles. The molecule has 0 spiro atoms. The number of amides is 2. The molecule has 2 aromatic rings. The van der Waals surface area contributed by atoms with Crippen LogP contribution in [0.3, 0.4) is 0 Å². The highest BCUT2D eigenvalue weighted by atomic mass is 35.5. The topological polar surface area (TPSA) is 72.2 Å². The molecule has 7 nitrogen and oxygen atoms in total. The summed E-state index contributed by atoms with van der Waals surface area (Å²) in [4.78, 5) is 26.0. The summed E-state index contributed by atoms with van der Waals surface area (Å²) in [6.07, 6.45) is 2.25. The standard InChI is InChI=1S/C21H30ClN5O2S/c1-4-7-13-26-20(16-8-10-17(22)11-9-16)24-27(21(26)30)14-12-19(29)25(6-3)15-18(28)23-5-2/h8-11H,4-7,12-15H2,1-3H3,(H,23,28). The van der Waals surface area contributed by atoms with Gasteiger partial charge in [0.15, 0.2) is 10.6 Å². The maximum absolute atomic E-state index is 12.6. The van der Waals surface area contributed by atoms with Gasteiger partial charge in [0, 0.05) is 36.6 Å².